The standard InChI is InChI=1S/C21H21Cl2N3O2S/c1-14-3-2-4-16(11-14)26-19(27)13-29-21(26)7-9-25(10-8-21)20(28)24-18-6-5-15(22)12-17(18)23/h2-6,11-12H,7-10,13H2,1H3,(H,24,28). The molecule has 2 saturated heterocycles. The number of carbonyl (C=O) groups excluding carboxylic acids is 2. The van der Waals surface area contributed by atoms with E-state index in [9.17, 15) is 9.59 Å². The number of amides is 3. The van der Waals surface area contributed by atoms with Crippen LogP contribution in [0.2, 0.25) is 10.0 Å². The van der Waals surface area contributed by atoms with Crippen molar-refractivity contribution < 1.29 is 9.59 Å². The molecule has 29 heavy (non-hydrogen) atoms. The highest BCUT2D eigenvalue weighted by molar-refractivity contribution is 8.02. The number of anilines is 2. The number of urea groups is 1. The number of rotatable bonds is 2. The van der Waals surface area contributed by atoms with Gasteiger partial charge in [0.1, 0.15) is 0 Å². The summed E-state index contributed by atoms with van der Waals surface area (Å²) in [5.74, 6) is 0.604. The van der Waals surface area contributed by atoms with Crippen LogP contribution in [0, 0.1) is 6.92 Å². The number of hydrogen-bond donors (Lipinski definition) is 1. The number of piperidine rings is 1. The van der Waals surface area contributed by atoms with Crippen molar-refractivity contribution in [1.29, 1.82) is 0 Å². The molecule has 1 spiro atoms. The highest BCUT2D eigenvalue weighted by atomic mass is 35.5. The molecule has 2 aromatic carbocycles. The van der Waals surface area contributed by atoms with Crippen LogP contribution in [0.1, 0.15) is 18.4 Å². The van der Waals surface area contributed by atoms with Gasteiger partial charge in [0.25, 0.3) is 0 Å². The number of nitrogens with zero attached hydrogens (tertiary/aromatic N) is 2. The highest BCUT2D eigenvalue weighted by Gasteiger charge is 2.49. The third-order valence-electron chi connectivity index (χ3n) is 5.39. The first-order valence-corrected chi connectivity index (χ1v) is 11.2. The zero-order chi connectivity index (χ0) is 20.6. The number of hydrogen-bond acceptors (Lipinski definition) is 3. The minimum atomic E-state index is -0.292. The molecule has 0 aromatic heterocycles. The summed E-state index contributed by atoms with van der Waals surface area (Å²) in [6.07, 6.45) is 1.44. The van der Waals surface area contributed by atoms with E-state index in [1.54, 1.807) is 34.9 Å². The Balaban J connectivity index is 1.46. The van der Waals surface area contributed by atoms with Crippen LogP contribution in [0.5, 0.6) is 0 Å². The lowest BCUT2D eigenvalue weighted by molar-refractivity contribution is -0.116. The van der Waals surface area contributed by atoms with Crippen molar-refractivity contribution in [3.8, 4) is 0 Å². The lowest BCUT2D eigenvalue weighted by Gasteiger charge is -2.44. The van der Waals surface area contributed by atoms with Crippen molar-refractivity contribution in [1.82, 2.24) is 4.90 Å². The van der Waals surface area contributed by atoms with Crippen molar-refractivity contribution in [2.75, 3.05) is 29.1 Å². The zero-order valence-electron chi connectivity index (χ0n) is 16.0. The van der Waals surface area contributed by atoms with Crippen LogP contribution in [-0.4, -0.2) is 40.6 Å². The third kappa shape index (κ3) is 4.06. The maximum atomic E-state index is 12.7. The summed E-state index contributed by atoms with van der Waals surface area (Å²) in [4.78, 5) is 28.8. The largest absolute Gasteiger partial charge is 0.324 e. The quantitative estimate of drug-likeness (QED) is 0.666. The summed E-state index contributed by atoms with van der Waals surface area (Å²) in [5, 5.41) is 3.78. The molecule has 0 atom stereocenters. The summed E-state index contributed by atoms with van der Waals surface area (Å²) in [6.45, 7) is 3.16. The average molecular weight is 450 g/mol. The Labute approximate surface area is 184 Å². The second kappa shape index (κ2) is 8.09. The molecule has 152 valence electrons. The van der Waals surface area contributed by atoms with Crippen LogP contribution in [0.25, 0.3) is 0 Å². The fraction of sp³-hybridized carbons (Fsp3) is 0.333. The summed E-state index contributed by atoms with van der Waals surface area (Å²) >= 11 is 13.8. The molecule has 8 heteroatoms. The monoisotopic (exact) mass is 449 g/mol. The van der Waals surface area contributed by atoms with Crippen LogP contribution in [0.4, 0.5) is 16.2 Å². The number of likely N-dealkylation sites (tertiary alicyclic amines) is 1. The number of aryl methyl sites for hydroxylation is 1. The van der Waals surface area contributed by atoms with Crippen LogP contribution in [0.15, 0.2) is 42.5 Å². The van der Waals surface area contributed by atoms with Gasteiger partial charge in [-0.05, 0) is 55.7 Å². The molecule has 2 aromatic rings. The minimum Gasteiger partial charge on any atom is -0.324 e. The van der Waals surface area contributed by atoms with E-state index in [2.05, 4.69) is 5.32 Å². The Bertz CT molecular complexity index is 961. The Hall–Kier alpha value is -1.89. The van der Waals surface area contributed by atoms with Gasteiger partial charge in [-0.1, -0.05) is 35.3 Å². The average Bonchev–Trinajstić information content (AvgIpc) is 3.00. The SMILES string of the molecule is Cc1cccc(N2C(=O)CSC23CCN(C(=O)Nc2ccc(Cl)cc2Cl)CC3)c1. The normalized spacial score (nSPS) is 18.4. The summed E-state index contributed by atoms with van der Waals surface area (Å²) in [7, 11) is 0. The van der Waals surface area contributed by atoms with E-state index in [-0.39, 0.29) is 16.8 Å². The van der Waals surface area contributed by atoms with Crippen molar-refractivity contribution >= 4 is 58.3 Å². The lowest BCUT2D eigenvalue weighted by atomic mass is 10.0. The van der Waals surface area contributed by atoms with Gasteiger partial charge in [-0.3, -0.25) is 9.69 Å². The molecule has 1 N–H and O–H groups in total. The van der Waals surface area contributed by atoms with E-state index >= 15 is 0 Å². The van der Waals surface area contributed by atoms with Crippen LogP contribution < -0.4 is 10.2 Å². The van der Waals surface area contributed by atoms with E-state index in [1.165, 1.54) is 0 Å². The van der Waals surface area contributed by atoms with Crippen LogP contribution in [-0.2, 0) is 4.79 Å². The van der Waals surface area contributed by atoms with E-state index in [1.807, 2.05) is 36.1 Å². The van der Waals surface area contributed by atoms with E-state index in [4.69, 9.17) is 23.2 Å². The van der Waals surface area contributed by atoms with Gasteiger partial charge in [-0.25, -0.2) is 4.79 Å². The van der Waals surface area contributed by atoms with Gasteiger partial charge in [0.05, 0.1) is 21.3 Å². The fourth-order valence-electron chi connectivity index (χ4n) is 3.91. The summed E-state index contributed by atoms with van der Waals surface area (Å²) in [5.41, 5.74) is 2.60. The van der Waals surface area contributed by atoms with Crippen LogP contribution in [0.3, 0.4) is 0 Å². The predicted molar refractivity (Wildman–Crippen MR) is 120 cm³/mol. The highest BCUT2D eigenvalue weighted by Crippen LogP contribution is 2.47. The molecule has 0 unspecified atom stereocenters. The molecule has 2 aliphatic rings. The van der Waals surface area contributed by atoms with Gasteiger partial charge in [-0.15, -0.1) is 11.8 Å². The van der Waals surface area contributed by atoms with Gasteiger partial charge < -0.3 is 10.2 Å². The van der Waals surface area contributed by atoms with Gasteiger partial charge in [0.2, 0.25) is 5.91 Å². The second-order valence-electron chi connectivity index (χ2n) is 7.34. The minimum absolute atomic E-state index is 0.131. The molecule has 2 fully saturated rings. The first-order chi connectivity index (χ1) is 13.9. The van der Waals surface area contributed by atoms with E-state index in [0.717, 1.165) is 24.1 Å². The van der Waals surface area contributed by atoms with Gasteiger partial charge in [-0.2, -0.15) is 0 Å². The molecule has 0 bridgehead atoms. The lowest BCUT2D eigenvalue weighted by Crippen LogP contribution is -2.53. The third-order valence-corrected chi connectivity index (χ3v) is 7.45. The maximum absolute atomic E-state index is 12.7. The molecule has 5 nitrogen and oxygen atoms in total. The number of benzene rings is 2. The molecule has 4 rings (SSSR count). The maximum Gasteiger partial charge on any atom is 0.321 e. The zero-order valence-corrected chi connectivity index (χ0v) is 18.3. The molecule has 0 aliphatic carbocycles. The smallest absolute Gasteiger partial charge is 0.321 e. The van der Waals surface area contributed by atoms with E-state index in [0.29, 0.717) is 34.6 Å². The molecule has 3 amide bonds. The predicted octanol–water partition coefficient (Wildman–Crippen LogP) is 5.41. The Kier molecular flexibility index (Phi) is 5.69. The second-order valence-corrected chi connectivity index (χ2v) is 9.53. The van der Waals surface area contributed by atoms with Crippen LogP contribution >= 0.6 is 35.0 Å². The number of halogens is 2. The van der Waals surface area contributed by atoms with Gasteiger partial charge >= 0.3 is 6.03 Å². The van der Waals surface area contributed by atoms with Crippen molar-refractivity contribution in [2.45, 2.75) is 24.6 Å². The Morgan fingerprint density at radius 1 is 1.14 bits per heavy atom. The number of carbonyl (C=O) groups is 2. The Morgan fingerprint density at radius 2 is 1.90 bits per heavy atom. The fourth-order valence-corrected chi connectivity index (χ4v) is 5.70. The molecule has 0 saturated carbocycles. The Morgan fingerprint density at radius 3 is 2.59 bits per heavy atom. The number of nitrogens with one attached hydrogen (secondary N) is 1. The number of thioether (sulfide) groups is 1. The van der Waals surface area contributed by atoms with Gasteiger partial charge in [0, 0.05) is 23.8 Å². The molecular weight excluding hydrogens is 429 g/mol. The first-order valence-electron chi connectivity index (χ1n) is 9.43. The van der Waals surface area contributed by atoms with Gasteiger partial charge in [0.15, 0.2) is 0 Å². The first kappa shape index (κ1) is 20.4. The molecule has 0 radical (unpaired) electrons. The van der Waals surface area contributed by atoms with Crippen molar-refractivity contribution in [2.24, 2.45) is 0 Å². The topological polar surface area (TPSA) is 52.7 Å². The van der Waals surface area contributed by atoms with Crippen molar-refractivity contribution in [3.63, 3.8) is 0 Å². The summed E-state index contributed by atoms with van der Waals surface area (Å²) in [6, 6.07) is 12.8. The molecule has 2 heterocycles. The molecular formula is C21H21Cl2N3O2S. The van der Waals surface area contributed by atoms with Crippen molar-refractivity contribution in [3.05, 3.63) is 58.1 Å². The molecule has 2 aliphatic heterocycles. The summed E-state index contributed by atoms with van der Waals surface area (Å²) < 4.78 is 0. The van der Waals surface area contributed by atoms with E-state index < -0.39 is 0 Å².